The summed E-state index contributed by atoms with van der Waals surface area (Å²) in [6.45, 7) is 1.72. The van der Waals surface area contributed by atoms with Crippen LogP contribution >= 0.6 is 0 Å². The molecule has 22 heavy (non-hydrogen) atoms. The van der Waals surface area contributed by atoms with Crippen molar-refractivity contribution in [1.82, 2.24) is 10.4 Å². The average molecular weight is 296 g/mol. The number of imide groups is 1. The zero-order valence-corrected chi connectivity index (χ0v) is 11.7. The van der Waals surface area contributed by atoms with Gasteiger partial charge in [-0.1, -0.05) is 24.3 Å². The zero-order valence-electron chi connectivity index (χ0n) is 11.7. The Morgan fingerprint density at radius 1 is 1.05 bits per heavy atom. The molecule has 0 atom stereocenters. The second-order valence-corrected chi connectivity index (χ2v) is 4.90. The van der Waals surface area contributed by atoms with Gasteiger partial charge in [0.05, 0.1) is 16.7 Å². The number of hydrazine groups is 1. The molecule has 6 nitrogen and oxygen atoms in total. The summed E-state index contributed by atoms with van der Waals surface area (Å²) in [5.74, 6) is -2.13. The van der Waals surface area contributed by atoms with Gasteiger partial charge in [-0.05, 0) is 30.7 Å². The highest BCUT2D eigenvalue weighted by Gasteiger charge is 2.38. The fourth-order valence-corrected chi connectivity index (χ4v) is 2.38. The lowest BCUT2D eigenvalue weighted by Gasteiger charge is -2.15. The van der Waals surface area contributed by atoms with Crippen molar-refractivity contribution >= 4 is 17.7 Å². The summed E-state index contributed by atoms with van der Waals surface area (Å²) in [5.41, 5.74) is 3.42. The Morgan fingerprint density at radius 2 is 1.77 bits per heavy atom. The van der Waals surface area contributed by atoms with Crippen LogP contribution in [0.15, 0.2) is 42.5 Å². The van der Waals surface area contributed by atoms with Gasteiger partial charge in [-0.2, -0.15) is 5.01 Å². The molecule has 0 saturated carbocycles. The average Bonchev–Trinajstić information content (AvgIpc) is 2.74. The number of nitrogens with one attached hydrogen (secondary N) is 1. The molecule has 2 aromatic rings. The molecule has 0 fully saturated rings. The highest BCUT2D eigenvalue weighted by Crippen LogP contribution is 2.25. The topological polar surface area (TPSA) is 86.7 Å². The summed E-state index contributed by atoms with van der Waals surface area (Å²) >= 11 is 0. The normalized spacial score (nSPS) is 13.2. The molecule has 0 radical (unpaired) electrons. The minimum Gasteiger partial charge on any atom is -0.507 e. The summed E-state index contributed by atoms with van der Waals surface area (Å²) in [6, 6.07) is 10.8. The standard InChI is InChI=1S/C16H12N2O4/c1-9-5-4-7-11-13(9)16(22)18(15(11)21)17-14(20)10-6-2-3-8-12(10)19/h2-8,19H,1H3,(H,17,20). The van der Waals surface area contributed by atoms with Crippen LogP contribution in [0.5, 0.6) is 5.75 Å². The van der Waals surface area contributed by atoms with E-state index < -0.39 is 17.7 Å². The first-order valence-corrected chi connectivity index (χ1v) is 6.58. The fourth-order valence-electron chi connectivity index (χ4n) is 2.38. The van der Waals surface area contributed by atoms with Gasteiger partial charge in [-0.25, -0.2) is 0 Å². The molecule has 110 valence electrons. The molecule has 1 heterocycles. The molecule has 2 N–H and O–H groups in total. The number of hydrogen-bond acceptors (Lipinski definition) is 4. The molecule has 1 aliphatic rings. The van der Waals surface area contributed by atoms with Crippen molar-refractivity contribution in [2.24, 2.45) is 0 Å². The van der Waals surface area contributed by atoms with Crippen LogP contribution in [-0.4, -0.2) is 27.8 Å². The lowest BCUT2D eigenvalue weighted by Crippen LogP contribution is -2.45. The Hall–Kier alpha value is -3.15. The quantitative estimate of drug-likeness (QED) is 0.825. The molecule has 0 aliphatic carbocycles. The van der Waals surface area contributed by atoms with Crippen molar-refractivity contribution in [2.45, 2.75) is 6.92 Å². The van der Waals surface area contributed by atoms with Crippen molar-refractivity contribution in [3.63, 3.8) is 0 Å². The van der Waals surface area contributed by atoms with Gasteiger partial charge in [0.25, 0.3) is 17.7 Å². The van der Waals surface area contributed by atoms with Crippen LogP contribution in [0, 0.1) is 6.92 Å². The van der Waals surface area contributed by atoms with Crippen LogP contribution in [-0.2, 0) is 0 Å². The van der Waals surface area contributed by atoms with E-state index in [4.69, 9.17) is 0 Å². The van der Waals surface area contributed by atoms with Gasteiger partial charge in [0.1, 0.15) is 5.75 Å². The van der Waals surface area contributed by atoms with Gasteiger partial charge in [0.15, 0.2) is 0 Å². The van der Waals surface area contributed by atoms with Crippen LogP contribution in [0.4, 0.5) is 0 Å². The highest BCUT2D eigenvalue weighted by atomic mass is 16.3. The van der Waals surface area contributed by atoms with Gasteiger partial charge in [-0.3, -0.25) is 19.8 Å². The third-order valence-corrected chi connectivity index (χ3v) is 3.49. The van der Waals surface area contributed by atoms with E-state index in [0.717, 1.165) is 0 Å². The second-order valence-electron chi connectivity index (χ2n) is 4.90. The molecule has 3 amide bonds. The number of carbonyl (C=O) groups is 3. The van der Waals surface area contributed by atoms with E-state index >= 15 is 0 Å². The number of phenolic OH excluding ortho intramolecular Hbond substituents is 1. The van der Waals surface area contributed by atoms with E-state index in [1.165, 1.54) is 18.2 Å². The van der Waals surface area contributed by atoms with Gasteiger partial charge in [0.2, 0.25) is 0 Å². The SMILES string of the molecule is Cc1cccc2c1C(=O)N(NC(=O)c1ccccc1O)C2=O. The maximum absolute atomic E-state index is 12.3. The van der Waals surface area contributed by atoms with Crippen molar-refractivity contribution in [3.05, 3.63) is 64.7 Å². The number of fused-ring (bicyclic) bond motifs is 1. The molecule has 6 heteroatoms. The number of nitrogens with zero attached hydrogens (tertiary/aromatic N) is 1. The van der Waals surface area contributed by atoms with Gasteiger partial charge in [0, 0.05) is 0 Å². The molecule has 0 aromatic heterocycles. The van der Waals surface area contributed by atoms with Gasteiger partial charge in [-0.15, -0.1) is 0 Å². The van der Waals surface area contributed by atoms with Gasteiger partial charge < -0.3 is 5.11 Å². The van der Waals surface area contributed by atoms with Crippen LogP contribution in [0.25, 0.3) is 0 Å². The largest absolute Gasteiger partial charge is 0.507 e. The zero-order chi connectivity index (χ0) is 15.9. The molecule has 3 rings (SSSR count). The summed E-state index contributed by atoms with van der Waals surface area (Å²) in [5, 5.41) is 10.3. The summed E-state index contributed by atoms with van der Waals surface area (Å²) in [4.78, 5) is 36.7. The number of carbonyl (C=O) groups excluding carboxylic acids is 3. The highest BCUT2D eigenvalue weighted by molar-refractivity contribution is 6.22. The second kappa shape index (κ2) is 5.00. The van der Waals surface area contributed by atoms with Crippen LogP contribution in [0.2, 0.25) is 0 Å². The number of para-hydroxylation sites is 1. The summed E-state index contributed by atoms with van der Waals surface area (Å²) < 4.78 is 0. The maximum atomic E-state index is 12.3. The van der Waals surface area contributed by atoms with Crippen LogP contribution in [0.1, 0.15) is 36.6 Å². The number of benzene rings is 2. The van der Waals surface area contributed by atoms with E-state index in [1.807, 2.05) is 0 Å². The lowest BCUT2D eigenvalue weighted by atomic mass is 10.0. The monoisotopic (exact) mass is 296 g/mol. The predicted molar refractivity (Wildman–Crippen MR) is 77.3 cm³/mol. The van der Waals surface area contributed by atoms with Gasteiger partial charge >= 0.3 is 0 Å². The van der Waals surface area contributed by atoms with Crippen molar-refractivity contribution < 1.29 is 19.5 Å². The van der Waals surface area contributed by atoms with E-state index in [9.17, 15) is 19.5 Å². The molecular weight excluding hydrogens is 284 g/mol. The van der Waals surface area contributed by atoms with Crippen molar-refractivity contribution in [3.8, 4) is 5.75 Å². The minimum absolute atomic E-state index is 0.0178. The Bertz CT molecular complexity index is 814. The Balaban J connectivity index is 1.91. The lowest BCUT2D eigenvalue weighted by molar-refractivity contribution is 0.0517. The Morgan fingerprint density at radius 3 is 2.45 bits per heavy atom. The molecule has 0 spiro atoms. The molecule has 0 unspecified atom stereocenters. The Kier molecular flexibility index (Phi) is 3.14. The number of aryl methyl sites for hydroxylation is 1. The first kappa shape index (κ1) is 13.8. The van der Waals surface area contributed by atoms with E-state index in [0.29, 0.717) is 10.6 Å². The van der Waals surface area contributed by atoms with Crippen molar-refractivity contribution in [1.29, 1.82) is 0 Å². The smallest absolute Gasteiger partial charge is 0.280 e. The molecule has 0 bridgehead atoms. The predicted octanol–water partition coefficient (Wildman–Crippen LogP) is 1.64. The minimum atomic E-state index is -0.731. The summed E-state index contributed by atoms with van der Waals surface area (Å²) in [6.07, 6.45) is 0. The fraction of sp³-hybridized carbons (Fsp3) is 0.0625. The van der Waals surface area contributed by atoms with Crippen LogP contribution in [0.3, 0.4) is 0 Å². The van der Waals surface area contributed by atoms with E-state index in [-0.39, 0.29) is 22.4 Å². The first-order chi connectivity index (χ1) is 10.5. The maximum Gasteiger partial charge on any atom is 0.280 e. The Labute approximate surface area is 126 Å². The molecular formula is C16H12N2O4. The van der Waals surface area contributed by atoms with E-state index in [2.05, 4.69) is 5.43 Å². The number of phenols is 1. The number of hydrogen-bond donors (Lipinski definition) is 2. The third kappa shape index (κ3) is 2.01. The van der Waals surface area contributed by atoms with Crippen LogP contribution < -0.4 is 5.43 Å². The number of amides is 3. The third-order valence-electron chi connectivity index (χ3n) is 3.49. The summed E-state index contributed by atoms with van der Waals surface area (Å²) in [7, 11) is 0. The first-order valence-electron chi connectivity index (χ1n) is 6.58. The number of aromatic hydroxyl groups is 1. The molecule has 2 aromatic carbocycles. The van der Waals surface area contributed by atoms with E-state index in [1.54, 1.807) is 31.2 Å². The van der Waals surface area contributed by atoms with Crippen molar-refractivity contribution in [2.75, 3.05) is 0 Å². The molecule has 1 aliphatic heterocycles. The molecule has 0 saturated heterocycles. The number of rotatable bonds is 2.